The number of hydrogen-bond donors (Lipinski definition) is 1. The molecule has 2 aromatic heterocycles. The summed E-state index contributed by atoms with van der Waals surface area (Å²) in [6, 6.07) is 17.3. The van der Waals surface area contributed by atoms with Gasteiger partial charge in [-0.15, -0.1) is 10.2 Å². The molecule has 0 aliphatic carbocycles. The second-order valence-electron chi connectivity index (χ2n) is 7.85. The van der Waals surface area contributed by atoms with Gasteiger partial charge in [-0.2, -0.15) is 0 Å². The molecule has 3 heterocycles. The highest BCUT2D eigenvalue weighted by Gasteiger charge is 2.58. The molecule has 11 heteroatoms. The summed E-state index contributed by atoms with van der Waals surface area (Å²) in [5.74, 6) is 0.358. The number of hydrogen-bond acceptors (Lipinski definition) is 9. The first-order valence-corrected chi connectivity index (χ1v) is 10.8. The molecule has 36 heavy (non-hydrogen) atoms. The molecule has 2 aromatic carbocycles. The quantitative estimate of drug-likeness (QED) is 0.408. The van der Waals surface area contributed by atoms with Crippen molar-refractivity contribution in [2.24, 2.45) is 0 Å². The summed E-state index contributed by atoms with van der Waals surface area (Å²) < 4.78 is 17.2. The van der Waals surface area contributed by atoms with E-state index in [0.717, 1.165) is 10.5 Å². The van der Waals surface area contributed by atoms with Crippen LogP contribution in [-0.4, -0.2) is 45.0 Å². The molecule has 1 saturated heterocycles. The number of carbonyl (C=O) groups excluding carboxylic acids is 3. The van der Waals surface area contributed by atoms with E-state index in [9.17, 15) is 14.4 Å². The number of ether oxygens (including phenoxy) is 2. The SMILES string of the molecule is Cc1nnc(-c2ccc(Oc3ccc(OC4(c5ccccn5)C(=O)NC(=O)N(C)C4=O)cc3)cc2)o1. The molecule has 4 amide bonds. The molecule has 1 N–H and O–H groups in total. The molecule has 11 nitrogen and oxygen atoms in total. The van der Waals surface area contributed by atoms with Crippen molar-refractivity contribution in [1.29, 1.82) is 0 Å². The zero-order valence-corrected chi connectivity index (χ0v) is 19.2. The maximum absolute atomic E-state index is 13.2. The first kappa shape index (κ1) is 22.7. The van der Waals surface area contributed by atoms with Crippen LogP contribution in [0.15, 0.2) is 77.3 Å². The largest absolute Gasteiger partial charge is 0.461 e. The van der Waals surface area contributed by atoms with E-state index < -0.39 is 23.4 Å². The van der Waals surface area contributed by atoms with Gasteiger partial charge in [0, 0.05) is 25.7 Å². The van der Waals surface area contributed by atoms with Gasteiger partial charge in [0.25, 0.3) is 11.8 Å². The molecule has 0 bridgehead atoms. The first-order valence-electron chi connectivity index (χ1n) is 10.8. The van der Waals surface area contributed by atoms with Gasteiger partial charge in [0.15, 0.2) is 0 Å². The Hall–Kier alpha value is -5.06. The van der Waals surface area contributed by atoms with Crippen LogP contribution >= 0.6 is 0 Å². The molecular weight excluding hydrogens is 466 g/mol. The van der Waals surface area contributed by atoms with E-state index in [1.54, 1.807) is 67.6 Å². The van der Waals surface area contributed by atoms with Crippen molar-refractivity contribution in [3.63, 3.8) is 0 Å². The lowest BCUT2D eigenvalue weighted by molar-refractivity contribution is -0.159. The fourth-order valence-electron chi connectivity index (χ4n) is 3.60. The zero-order valence-electron chi connectivity index (χ0n) is 19.2. The summed E-state index contributed by atoms with van der Waals surface area (Å²) in [7, 11) is 1.26. The lowest BCUT2D eigenvalue weighted by atomic mass is 9.93. The van der Waals surface area contributed by atoms with Crippen molar-refractivity contribution in [2.75, 3.05) is 7.05 Å². The van der Waals surface area contributed by atoms with E-state index in [1.165, 1.54) is 19.3 Å². The molecule has 0 spiro atoms. The molecule has 1 aliphatic rings. The van der Waals surface area contributed by atoms with Crippen molar-refractivity contribution in [3.05, 3.63) is 84.5 Å². The van der Waals surface area contributed by atoms with Crippen LogP contribution in [0.1, 0.15) is 11.6 Å². The molecule has 1 atom stereocenters. The Kier molecular flexibility index (Phi) is 5.65. The van der Waals surface area contributed by atoms with Gasteiger partial charge >= 0.3 is 11.6 Å². The predicted octanol–water partition coefficient (Wildman–Crippen LogP) is 3.21. The summed E-state index contributed by atoms with van der Waals surface area (Å²) in [6.45, 7) is 1.72. The lowest BCUT2D eigenvalue weighted by Gasteiger charge is -2.37. The van der Waals surface area contributed by atoms with Gasteiger partial charge < -0.3 is 13.9 Å². The van der Waals surface area contributed by atoms with Crippen LogP contribution in [0.4, 0.5) is 4.79 Å². The minimum Gasteiger partial charge on any atom is -0.461 e. The molecular formula is C25H19N5O6. The fraction of sp³-hybridized carbons (Fsp3) is 0.120. The average Bonchev–Trinajstić information content (AvgIpc) is 3.33. The monoisotopic (exact) mass is 485 g/mol. The number of rotatable bonds is 6. The topological polar surface area (TPSA) is 137 Å². The minimum atomic E-state index is -2.17. The third-order valence-corrected chi connectivity index (χ3v) is 5.43. The standard InChI is InChI=1S/C25H19N5O6/c1-15-28-29-21(34-15)16-6-8-17(9-7-16)35-18-10-12-19(13-11-18)36-25(20-5-3-4-14-26-20)22(31)27-24(33)30(2)23(25)32/h3-14H,1-2H3,(H,27,31,33). The number of amides is 4. The molecule has 1 fully saturated rings. The second-order valence-corrected chi connectivity index (χ2v) is 7.85. The number of nitrogens with zero attached hydrogens (tertiary/aromatic N) is 4. The number of imide groups is 2. The molecule has 5 rings (SSSR count). The van der Waals surface area contributed by atoms with Gasteiger partial charge in [-0.05, 0) is 60.7 Å². The van der Waals surface area contributed by atoms with E-state index in [-0.39, 0.29) is 11.4 Å². The molecule has 0 saturated carbocycles. The molecule has 0 radical (unpaired) electrons. The van der Waals surface area contributed by atoms with Gasteiger partial charge in [0.1, 0.15) is 22.9 Å². The molecule has 180 valence electrons. The van der Waals surface area contributed by atoms with Crippen molar-refractivity contribution in [3.8, 4) is 28.7 Å². The number of urea groups is 1. The first-order chi connectivity index (χ1) is 17.4. The number of aromatic nitrogens is 3. The summed E-state index contributed by atoms with van der Waals surface area (Å²) in [5, 5.41) is 9.95. The van der Waals surface area contributed by atoms with Crippen LogP contribution in [0.25, 0.3) is 11.5 Å². The number of carbonyl (C=O) groups is 3. The summed E-state index contributed by atoms with van der Waals surface area (Å²) in [5.41, 5.74) is -1.37. The Morgan fingerprint density at radius 1 is 0.889 bits per heavy atom. The van der Waals surface area contributed by atoms with Crippen LogP contribution in [0, 0.1) is 6.92 Å². The van der Waals surface area contributed by atoms with Crippen molar-refractivity contribution >= 4 is 17.8 Å². The number of benzene rings is 2. The third-order valence-electron chi connectivity index (χ3n) is 5.43. The van der Waals surface area contributed by atoms with E-state index in [0.29, 0.717) is 23.3 Å². The van der Waals surface area contributed by atoms with Crippen LogP contribution in [0.3, 0.4) is 0 Å². The fourth-order valence-corrected chi connectivity index (χ4v) is 3.60. The number of barbiturate groups is 1. The molecule has 4 aromatic rings. The van der Waals surface area contributed by atoms with Crippen molar-refractivity contribution in [1.82, 2.24) is 25.4 Å². The summed E-state index contributed by atoms with van der Waals surface area (Å²) >= 11 is 0. The van der Waals surface area contributed by atoms with Gasteiger partial charge in [-0.1, -0.05) is 6.07 Å². The van der Waals surface area contributed by atoms with Crippen LogP contribution < -0.4 is 14.8 Å². The molecule has 1 aliphatic heterocycles. The Morgan fingerprint density at radius 3 is 2.17 bits per heavy atom. The highest BCUT2D eigenvalue weighted by Crippen LogP contribution is 2.33. The Balaban J connectivity index is 1.37. The van der Waals surface area contributed by atoms with Gasteiger partial charge in [-0.3, -0.25) is 24.8 Å². The van der Waals surface area contributed by atoms with Crippen molar-refractivity contribution < 1.29 is 28.3 Å². The summed E-state index contributed by atoms with van der Waals surface area (Å²) in [6.07, 6.45) is 1.43. The maximum atomic E-state index is 13.2. The van der Waals surface area contributed by atoms with Gasteiger partial charge in [-0.25, -0.2) is 4.79 Å². The highest BCUT2D eigenvalue weighted by atomic mass is 16.5. The number of nitrogens with one attached hydrogen (secondary N) is 1. The number of likely N-dealkylation sites (N-methyl/N-ethyl adjacent to an activating group) is 1. The Bertz CT molecular complexity index is 1440. The van der Waals surface area contributed by atoms with Crippen LogP contribution in [-0.2, 0) is 15.2 Å². The highest BCUT2D eigenvalue weighted by molar-refractivity contribution is 6.21. The average molecular weight is 485 g/mol. The minimum absolute atomic E-state index is 0.0451. The molecule has 1 unspecified atom stereocenters. The summed E-state index contributed by atoms with van der Waals surface area (Å²) in [4.78, 5) is 43.0. The number of aryl methyl sites for hydroxylation is 1. The lowest BCUT2D eigenvalue weighted by Crippen LogP contribution is -2.67. The third kappa shape index (κ3) is 4.02. The number of pyridine rings is 1. The zero-order chi connectivity index (χ0) is 25.3. The predicted molar refractivity (Wildman–Crippen MR) is 124 cm³/mol. The van der Waals surface area contributed by atoms with Gasteiger partial charge in [0.2, 0.25) is 11.8 Å². The van der Waals surface area contributed by atoms with Crippen LogP contribution in [0.2, 0.25) is 0 Å². The maximum Gasteiger partial charge on any atom is 0.330 e. The van der Waals surface area contributed by atoms with Gasteiger partial charge in [0.05, 0.1) is 0 Å². The normalized spacial score (nSPS) is 17.6. The van der Waals surface area contributed by atoms with Crippen molar-refractivity contribution in [2.45, 2.75) is 12.5 Å². The second kappa shape index (κ2) is 8.95. The van der Waals surface area contributed by atoms with E-state index >= 15 is 0 Å². The van der Waals surface area contributed by atoms with E-state index in [2.05, 4.69) is 20.5 Å². The smallest absolute Gasteiger partial charge is 0.330 e. The Labute approximate surface area is 204 Å². The van der Waals surface area contributed by atoms with Crippen LogP contribution in [0.5, 0.6) is 17.2 Å². The van der Waals surface area contributed by atoms with E-state index in [4.69, 9.17) is 13.9 Å². The Morgan fingerprint density at radius 2 is 1.56 bits per heavy atom. The van der Waals surface area contributed by atoms with E-state index in [1.807, 2.05) is 0 Å².